The second-order valence-corrected chi connectivity index (χ2v) is 10.9. The van der Waals surface area contributed by atoms with Gasteiger partial charge in [0, 0.05) is 24.9 Å². The third-order valence-corrected chi connectivity index (χ3v) is 8.26. The van der Waals surface area contributed by atoms with Gasteiger partial charge in [0.1, 0.15) is 12.4 Å². The van der Waals surface area contributed by atoms with Gasteiger partial charge in [-0.1, -0.05) is 50.3 Å². The van der Waals surface area contributed by atoms with Crippen molar-refractivity contribution in [1.29, 1.82) is 0 Å². The van der Waals surface area contributed by atoms with E-state index in [9.17, 15) is 14.7 Å². The average Bonchev–Trinajstić information content (AvgIpc) is 2.98. The molecule has 1 atom stereocenters. The Morgan fingerprint density at radius 2 is 1.97 bits per heavy atom. The number of para-hydroxylation sites is 1. The summed E-state index contributed by atoms with van der Waals surface area (Å²) in [6, 6.07) is 8.39. The number of aliphatic hydroxyl groups excluding tert-OH is 1. The molecule has 2 N–H and O–H groups in total. The number of aliphatic hydroxyl groups is 1. The summed E-state index contributed by atoms with van der Waals surface area (Å²) in [5.74, 6) is 1.63. The van der Waals surface area contributed by atoms with Crippen molar-refractivity contribution in [2.24, 2.45) is 5.92 Å². The topological polar surface area (TPSA) is 78.9 Å². The number of fused-ring (bicyclic) bond motifs is 1. The molecule has 160 valence electrons. The van der Waals surface area contributed by atoms with Gasteiger partial charge in [0.25, 0.3) is 0 Å². The lowest BCUT2D eigenvalue weighted by Crippen LogP contribution is -2.43. The molecule has 2 aliphatic rings. The van der Waals surface area contributed by atoms with Crippen molar-refractivity contribution in [1.82, 2.24) is 9.88 Å². The number of rotatable bonds is 8. The van der Waals surface area contributed by atoms with Crippen molar-refractivity contribution in [3.05, 3.63) is 29.8 Å². The Kier molecular flexibility index (Phi) is 8.55. The third kappa shape index (κ3) is 6.85. The second-order valence-electron chi connectivity index (χ2n) is 8.30. The van der Waals surface area contributed by atoms with E-state index in [0.29, 0.717) is 44.5 Å². The van der Waals surface area contributed by atoms with E-state index in [0.717, 1.165) is 17.7 Å². The molecule has 0 bridgehead atoms. The maximum atomic E-state index is 12.7. The van der Waals surface area contributed by atoms with Crippen molar-refractivity contribution in [2.45, 2.75) is 64.0 Å². The van der Waals surface area contributed by atoms with Gasteiger partial charge in [0.15, 0.2) is 8.96 Å². The molecule has 0 spiro atoms. The molecule has 1 aliphatic heterocycles. The minimum Gasteiger partial charge on any atom is -0.491 e. The first-order chi connectivity index (χ1) is 14.2. The summed E-state index contributed by atoms with van der Waals surface area (Å²) in [6.07, 6.45) is 8.23. The van der Waals surface area contributed by atoms with Crippen molar-refractivity contribution < 1.29 is 19.4 Å². The average molecular weight is 419 g/mol. The highest BCUT2D eigenvalue weighted by atomic mass is 28.3. The Morgan fingerprint density at radius 1 is 1.17 bits per heavy atom. The van der Waals surface area contributed by atoms with E-state index in [4.69, 9.17) is 4.74 Å². The van der Waals surface area contributed by atoms with Crippen LogP contribution >= 0.6 is 0 Å². The number of amides is 2. The zero-order valence-electron chi connectivity index (χ0n) is 17.3. The lowest BCUT2D eigenvalue weighted by Gasteiger charge is -2.22. The molecule has 1 heterocycles. The molecular weight excluding hydrogens is 384 g/mol. The Morgan fingerprint density at radius 3 is 2.76 bits per heavy atom. The number of hydrogen-bond acceptors (Lipinski definition) is 4. The minimum atomic E-state index is -1.86. The van der Waals surface area contributed by atoms with Gasteiger partial charge in [0.05, 0.1) is 12.8 Å². The smallest absolute Gasteiger partial charge is 0.222 e. The van der Waals surface area contributed by atoms with Crippen LogP contribution in [0, 0.1) is 5.92 Å². The molecule has 1 aromatic carbocycles. The molecule has 1 aromatic rings. The number of carbonyl (C=O) groups is 2. The van der Waals surface area contributed by atoms with Gasteiger partial charge < -0.3 is 19.7 Å². The molecule has 1 fully saturated rings. The number of carbonyl (C=O) groups excluding carboxylic acids is 2. The molecule has 7 heteroatoms. The van der Waals surface area contributed by atoms with Crippen LogP contribution in [-0.2, 0) is 16.1 Å². The first kappa shape index (κ1) is 21.8. The predicted molar refractivity (Wildman–Crippen MR) is 115 cm³/mol. The highest BCUT2D eigenvalue weighted by Crippen LogP contribution is 2.27. The fourth-order valence-electron chi connectivity index (χ4n) is 4.31. The van der Waals surface area contributed by atoms with Crippen LogP contribution in [0.4, 0.5) is 0 Å². The van der Waals surface area contributed by atoms with Crippen molar-refractivity contribution in [2.75, 3.05) is 19.4 Å². The first-order valence-corrected chi connectivity index (χ1v) is 13.3. The quantitative estimate of drug-likeness (QED) is 0.636. The van der Waals surface area contributed by atoms with Crippen molar-refractivity contribution in [3.63, 3.8) is 0 Å². The largest absolute Gasteiger partial charge is 0.491 e. The molecule has 1 aliphatic carbocycles. The second kappa shape index (κ2) is 11.4. The van der Waals surface area contributed by atoms with E-state index in [1.54, 1.807) is 0 Å². The number of nitrogens with zero attached hydrogens (tertiary/aromatic N) is 1. The van der Waals surface area contributed by atoms with Crippen molar-refractivity contribution in [3.8, 4) is 5.75 Å². The first-order valence-electron chi connectivity index (χ1n) is 11.0. The Bertz CT molecular complexity index is 679. The van der Waals surface area contributed by atoms with Crippen molar-refractivity contribution >= 4 is 20.8 Å². The third-order valence-electron chi connectivity index (χ3n) is 6.10. The summed E-state index contributed by atoms with van der Waals surface area (Å²) in [5, 5.41) is 9.69. The zero-order valence-corrected chi connectivity index (χ0v) is 18.4. The maximum Gasteiger partial charge on any atom is 0.222 e. The van der Waals surface area contributed by atoms with E-state index in [1.807, 2.05) is 29.2 Å². The highest BCUT2D eigenvalue weighted by molar-refractivity contribution is 6.59. The fraction of sp³-hybridized carbons (Fsp3) is 0.636. The summed E-state index contributed by atoms with van der Waals surface area (Å²) in [6.45, 7) is 1.60. The predicted octanol–water partition coefficient (Wildman–Crippen LogP) is 2.53. The van der Waals surface area contributed by atoms with E-state index in [1.165, 1.54) is 32.1 Å². The van der Waals surface area contributed by atoms with E-state index in [2.05, 4.69) is 4.98 Å². The molecule has 1 saturated carbocycles. The summed E-state index contributed by atoms with van der Waals surface area (Å²) >= 11 is 0. The van der Waals surface area contributed by atoms with Gasteiger partial charge in [-0.05, 0) is 24.4 Å². The van der Waals surface area contributed by atoms with Gasteiger partial charge in [-0.25, -0.2) is 0 Å². The highest BCUT2D eigenvalue weighted by Gasteiger charge is 2.22. The number of nitrogens with one attached hydrogen (secondary N) is 1. The van der Waals surface area contributed by atoms with Gasteiger partial charge >= 0.3 is 0 Å². The van der Waals surface area contributed by atoms with E-state index < -0.39 is 8.96 Å². The number of hydrogen-bond donors (Lipinski definition) is 2. The molecular formula is C22H34N2O4Si. The summed E-state index contributed by atoms with van der Waals surface area (Å²) in [5.41, 5.74) is 1.02. The maximum absolute atomic E-state index is 12.7. The summed E-state index contributed by atoms with van der Waals surface area (Å²) < 4.78 is 5.72. The molecule has 0 radical (unpaired) electrons. The van der Waals surface area contributed by atoms with Gasteiger partial charge in [-0.15, -0.1) is 0 Å². The molecule has 0 aromatic heterocycles. The van der Waals surface area contributed by atoms with Crippen LogP contribution < -0.4 is 9.72 Å². The molecule has 2 amide bonds. The summed E-state index contributed by atoms with van der Waals surface area (Å²) in [7, 11) is -1.86. The van der Waals surface area contributed by atoms with E-state index in [-0.39, 0.29) is 18.0 Å². The molecule has 0 unspecified atom stereocenters. The molecule has 0 saturated heterocycles. The standard InChI is InChI=1S/C22H34N2O4Si/c25-17-29(23-21(26)11-10-18-6-2-1-3-7-18)15-12-22(27)24-13-14-28-20-9-5-4-8-19(20)16-24/h4-5,8-9,18,25,29H,1-3,6-7,10-17H2,(H,23,26)/t29-/m0/s1. The van der Waals surface area contributed by atoms with Crippen LogP contribution in [-0.4, -0.2) is 50.2 Å². The number of ether oxygens (including phenoxy) is 1. The van der Waals surface area contributed by atoms with Gasteiger partial charge in [-0.3, -0.25) is 9.59 Å². The Hall–Kier alpha value is -1.86. The van der Waals surface area contributed by atoms with Gasteiger partial charge in [0.2, 0.25) is 11.8 Å². The lowest BCUT2D eigenvalue weighted by molar-refractivity contribution is -0.131. The van der Waals surface area contributed by atoms with E-state index >= 15 is 0 Å². The van der Waals surface area contributed by atoms with Crippen LogP contribution in [0.1, 0.15) is 56.9 Å². The molecule has 3 rings (SSSR count). The Balaban J connectivity index is 1.41. The SMILES string of the molecule is O=C(CCC1CCCCC1)N[Si@H](CO)CCC(=O)N1CCOc2ccccc2C1. The zero-order chi connectivity index (χ0) is 20.5. The number of benzene rings is 1. The lowest BCUT2D eigenvalue weighted by atomic mass is 9.86. The van der Waals surface area contributed by atoms with Crippen LogP contribution in [0.5, 0.6) is 5.75 Å². The monoisotopic (exact) mass is 418 g/mol. The fourth-order valence-corrected chi connectivity index (χ4v) is 5.93. The molecule has 29 heavy (non-hydrogen) atoms. The van der Waals surface area contributed by atoms with Crippen LogP contribution in [0.3, 0.4) is 0 Å². The molecule has 6 nitrogen and oxygen atoms in total. The normalized spacial score (nSPS) is 18.3. The van der Waals surface area contributed by atoms with Gasteiger partial charge in [-0.2, -0.15) is 0 Å². The van der Waals surface area contributed by atoms with Crippen LogP contribution in [0.2, 0.25) is 6.04 Å². The van der Waals surface area contributed by atoms with Crippen LogP contribution in [0.15, 0.2) is 24.3 Å². The Labute approximate surface area is 175 Å². The minimum absolute atomic E-state index is 0.00556. The van der Waals surface area contributed by atoms with Crippen LogP contribution in [0.25, 0.3) is 0 Å². The summed E-state index contributed by atoms with van der Waals surface area (Å²) in [4.78, 5) is 29.8.